The number of hydrogen-bond donors (Lipinski definition) is 2. The molecule has 2 saturated carbocycles. The summed E-state index contributed by atoms with van der Waals surface area (Å²) in [5.41, 5.74) is -1.85. The third kappa shape index (κ3) is 5.88. The van der Waals surface area contributed by atoms with Crippen LogP contribution in [0.15, 0.2) is 76.6 Å². The number of halogens is 6. The lowest BCUT2D eigenvalue weighted by Gasteiger charge is -2.43. The fraction of sp³-hybridized carbons (Fsp3) is 0.333. The van der Waals surface area contributed by atoms with Crippen LogP contribution in [0.25, 0.3) is 0 Å². The topological polar surface area (TPSA) is 118 Å². The van der Waals surface area contributed by atoms with Gasteiger partial charge in [0.15, 0.2) is 18.1 Å². The van der Waals surface area contributed by atoms with Gasteiger partial charge in [0.2, 0.25) is 11.8 Å². The zero-order valence-corrected chi connectivity index (χ0v) is 28.9. The highest BCUT2D eigenvalue weighted by Crippen LogP contribution is 2.69. The Hall–Kier alpha value is -4.77. The number of carbonyl (C=O) groups excluding carboxylic acids is 3. The molecule has 2 aliphatic heterocycles. The first kappa shape index (κ1) is 35.3. The maximum atomic E-state index is 14.0. The van der Waals surface area contributed by atoms with E-state index < -0.39 is 71.2 Å². The number of thioether (sulfide) groups is 1. The second-order valence-corrected chi connectivity index (χ2v) is 15.5. The molecule has 3 aromatic carbocycles. The molecule has 2 N–H and O–H groups in total. The molecule has 2 bridgehead atoms. The molecule has 7 atom stereocenters. The Morgan fingerprint density at radius 2 is 1.64 bits per heavy atom. The predicted molar refractivity (Wildman–Crippen MR) is 181 cm³/mol. The number of rotatable bonds is 7. The first-order chi connectivity index (χ1) is 25.2. The summed E-state index contributed by atoms with van der Waals surface area (Å²) in [7, 11) is 1.38. The number of benzene rings is 3. The van der Waals surface area contributed by atoms with Crippen molar-refractivity contribution in [3.8, 4) is 11.5 Å². The highest BCUT2D eigenvalue weighted by molar-refractivity contribution is 8.00. The van der Waals surface area contributed by atoms with Gasteiger partial charge in [0, 0.05) is 21.7 Å². The Bertz CT molecular complexity index is 2220. The van der Waals surface area contributed by atoms with E-state index >= 15 is 0 Å². The SMILES string of the molecule is COc1cc([C@@H]2c3sc(=O)[nH]c3S[C@@H]3[C@@H]4C[C@@H]([C@@H]5C(=O)N(c6ccccc6C(F)(F)F)C(=O)[C@@H]45)[C@H]23)ccc1OCC(=O)Nc1cccc(C(F)(F)F)c1. The zero-order valence-electron chi connectivity index (χ0n) is 27.3. The fourth-order valence-electron chi connectivity index (χ4n) is 8.65. The van der Waals surface area contributed by atoms with Gasteiger partial charge in [0.05, 0.1) is 40.8 Å². The third-order valence-corrected chi connectivity index (χ3v) is 13.1. The summed E-state index contributed by atoms with van der Waals surface area (Å²) in [6, 6.07) is 13.7. The van der Waals surface area contributed by atoms with Gasteiger partial charge in [0.1, 0.15) is 0 Å². The molecule has 17 heteroatoms. The zero-order chi connectivity index (χ0) is 37.6. The number of anilines is 2. The average Bonchev–Trinajstić information content (AvgIpc) is 3.85. The number of carbonyl (C=O) groups is 3. The summed E-state index contributed by atoms with van der Waals surface area (Å²) in [5.74, 6) is -4.73. The molecule has 0 spiro atoms. The summed E-state index contributed by atoms with van der Waals surface area (Å²) >= 11 is 2.44. The molecule has 4 aromatic rings. The number of fused-ring (bicyclic) bond motifs is 9. The van der Waals surface area contributed by atoms with Gasteiger partial charge in [-0.2, -0.15) is 26.3 Å². The number of aromatic amines is 1. The number of para-hydroxylation sites is 1. The molecule has 276 valence electrons. The molecule has 9 nitrogen and oxygen atoms in total. The fourth-order valence-corrected chi connectivity index (χ4v) is 11.5. The molecule has 53 heavy (non-hydrogen) atoms. The standard InChI is InChI=1S/C36H27F6N3O6S2/c1-50-23-11-15(9-10-22(23)51-14-24(46)43-17-6-4-5-16(12-17)35(37,38)39)25-26-18-13-19(29(26)52-31-30(25)53-34(49)44-31)28-27(18)32(47)45(33(28)48)21-8-3-2-7-20(21)36(40,41)42/h2-12,18-19,25-29H,13-14H2,1H3,(H,43,46)(H,44,49)/t18-,19-,25+,26-,27+,28+,29-/m1/s1. The molecule has 3 fully saturated rings. The number of imide groups is 1. The quantitative estimate of drug-likeness (QED) is 0.151. The Morgan fingerprint density at radius 3 is 2.36 bits per heavy atom. The Kier molecular flexibility index (Phi) is 8.44. The maximum Gasteiger partial charge on any atom is 0.418 e. The van der Waals surface area contributed by atoms with E-state index in [0.29, 0.717) is 21.9 Å². The van der Waals surface area contributed by atoms with Crippen molar-refractivity contribution >= 4 is 52.2 Å². The van der Waals surface area contributed by atoms with Crippen molar-refractivity contribution in [2.24, 2.45) is 29.6 Å². The van der Waals surface area contributed by atoms with Crippen LogP contribution < -0.4 is 24.6 Å². The van der Waals surface area contributed by atoms with E-state index in [1.165, 1.54) is 43.1 Å². The van der Waals surface area contributed by atoms with Gasteiger partial charge in [-0.3, -0.25) is 19.2 Å². The molecule has 8 rings (SSSR count). The summed E-state index contributed by atoms with van der Waals surface area (Å²) in [6.45, 7) is -0.558. The summed E-state index contributed by atoms with van der Waals surface area (Å²) in [6.07, 6.45) is -8.86. The normalized spacial score (nSPS) is 25.9. The van der Waals surface area contributed by atoms with Gasteiger partial charge in [-0.1, -0.05) is 35.6 Å². The molecule has 2 aliphatic carbocycles. The van der Waals surface area contributed by atoms with Gasteiger partial charge in [-0.05, 0) is 72.2 Å². The van der Waals surface area contributed by atoms with Crippen LogP contribution in [-0.2, 0) is 26.7 Å². The molecule has 1 saturated heterocycles. The minimum Gasteiger partial charge on any atom is -0.493 e. The van der Waals surface area contributed by atoms with Crippen LogP contribution in [-0.4, -0.2) is 41.7 Å². The van der Waals surface area contributed by atoms with Gasteiger partial charge in [0.25, 0.3) is 5.91 Å². The Morgan fingerprint density at radius 1 is 0.906 bits per heavy atom. The minimum atomic E-state index is -4.79. The van der Waals surface area contributed by atoms with E-state index in [1.807, 2.05) is 0 Å². The first-order valence-corrected chi connectivity index (χ1v) is 18.1. The van der Waals surface area contributed by atoms with Crippen molar-refractivity contribution in [2.75, 3.05) is 23.9 Å². The van der Waals surface area contributed by atoms with Gasteiger partial charge in [-0.15, -0.1) is 11.8 Å². The maximum absolute atomic E-state index is 14.0. The molecule has 0 unspecified atom stereocenters. The van der Waals surface area contributed by atoms with Crippen LogP contribution in [0, 0.1) is 29.6 Å². The monoisotopic (exact) mass is 775 g/mol. The molecular weight excluding hydrogens is 749 g/mol. The lowest BCUT2D eigenvalue weighted by atomic mass is 9.68. The molecule has 1 aromatic heterocycles. The van der Waals surface area contributed by atoms with E-state index in [9.17, 15) is 45.5 Å². The number of nitrogens with zero attached hydrogens (tertiary/aromatic N) is 1. The number of H-pyrrole nitrogens is 1. The second-order valence-electron chi connectivity index (χ2n) is 13.3. The van der Waals surface area contributed by atoms with Crippen molar-refractivity contribution < 1.29 is 50.2 Å². The van der Waals surface area contributed by atoms with E-state index in [2.05, 4.69) is 10.3 Å². The van der Waals surface area contributed by atoms with E-state index in [4.69, 9.17) is 9.47 Å². The third-order valence-electron chi connectivity index (χ3n) is 10.6. The lowest BCUT2D eigenvalue weighted by Crippen LogP contribution is -2.42. The average molecular weight is 776 g/mol. The lowest BCUT2D eigenvalue weighted by molar-refractivity contribution is -0.138. The molecule has 3 heterocycles. The summed E-state index contributed by atoms with van der Waals surface area (Å²) < 4.78 is 92.6. The van der Waals surface area contributed by atoms with Crippen LogP contribution in [0.1, 0.15) is 33.9 Å². The number of amides is 3. The van der Waals surface area contributed by atoms with Crippen LogP contribution in [0.5, 0.6) is 11.5 Å². The number of hydrogen-bond acceptors (Lipinski definition) is 8. The summed E-state index contributed by atoms with van der Waals surface area (Å²) in [5, 5.41) is 2.76. The second kappa shape index (κ2) is 12.7. The van der Waals surface area contributed by atoms with Crippen LogP contribution in [0.4, 0.5) is 37.7 Å². The van der Waals surface area contributed by atoms with E-state index in [0.717, 1.165) is 40.5 Å². The molecule has 0 radical (unpaired) electrons. The van der Waals surface area contributed by atoms with Crippen molar-refractivity contribution in [3.63, 3.8) is 0 Å². The van der Waals surface area contributed by atoms with Gasteiger partial charge >= 0.3 is 17.2 Å². The highest BCUT2D eigenvalue weighted by Gasteiger charge is 2.70. The van der Waals surface area contributed by atoms with Crippen molar-refractivity contribution in [2.45, 2.75) is 35.0 Å². The Balaban J connectivity index is 1.08. The van der Waals surface area contributed by atoms with E-state index in [-0.39, 0.29) is 45.1 Å². The number of alkyl halides is 6. The summed E-state index contributed by atoms with van der Waals surface area (Å²) in [4.78, 5) is 57.3. The van der Waals surface area contributed by atoms with Crippen molar-refractivity contribution in [1.82, 2.24) is 4.98 Å². The first-order valence-electron chi connectivity index (χ1n) is 16.4. The number of nitrogens with one attached hydrogen (secondary N) is 2. The van der Waals surface area contributed by atoms with Crippen LogP contribution in [0.3, 0.4) is 0 Å². The van der Waals surface area contributed by atoms with Gasteiger partial charge < -0.3 is 19.8 Å². The number of methoxy groups -OCH3 is 1. The van der Waals surface area contributed by atoms with Crippen LogP contribution in [0.2, 0.25) is 0 Å². The number of aromatic nitrogens is 1. The number of thiazole rings is 1. The number of ether oxygens (including phenoxy) is 2. The molecule has 3 amide bonds. The highest BCUT2D eigenvalue weighted by atomic mass is 32.2. The smallest absolute Gasteiger partial charge is 0.418 e. The van der Waals surface area contributed by atoms with Crippen LogP contribution >= 0.6 is 23.1 Å². The van der Waals surface area contributed by atoms with E-state index in [1.54, 1.807) is 18.2 Å². The minimum absolute atomic E-state index is 0.0648. The van der Waals surface area contributed by atoms with Gasteiger partial charge in [-0.25, -0.2) is 4.90 Å². The molecule has 4 aliphatic rings. The van der Waals surface area contributed by atoms with Crippen molar-refractivity contribution in [1.29, 1.82) is 0 Å². The molecular formula is C36H27F6N3O6S2. The largest absolute Gasteiger partial charge is 0.493 e. The van der Waals surface area contributed by atoms with Crippen molar-refractivity contribution in [3.05, 3.63) is 98.0 Å². The Labute approximate surface area is 304 Å². The predicted octanol–water partition coefficient (Wildman–Crippen LogP) is 7.18.